The number of likely N-dealkylation sites (tertiary alicyclic amines) is 1. The van der Waals surface area contributed by atoms with Gasteiger partial charge in [-0.2, -0.15) is 0 Å². The van der Waals surface area contributed by atoms with Crippen molar-refractivity contribution in [1.82, 2.24) is 14.9 Å². The fourth-order valence-electron chi connectivity index (χ4n) is 2.21. The van der Waals surface area contributed by atoms with Crippen LogP contribution >= 0.6 is 0 Å². The first kappa shape index (κ1) is 12.3. The van der Waals surface area contributed by atoms with Crippen LogP contribution in [0.15, 0.2) is 6.20 Å². The second-order valence-corrected chi connectivity index (χ2v) is 5.07. The third kappa shape index (κ3) is 3.40. The monoisotopic (exact) mass is 234 g/mol. The molecule has 0 saturated carbocycles. The van der Waals surface area contributed by atoms with Gasteiger partial charge in [-0.05, 0) is 52.7 Å². The van der Waals surface area contributed by atoms with Gasteiger partial charge in [0.1, 0.15) is 5.82 Å². The summed E-state index contributed by atoms with van der Waals surface area (Å²) in [5, 5.41) is 3.45. The molecule has 0 amide bonds. The Hall–Kier alpha value is -1.16. The highest BCUT2D eigenvalue weighted by molar-refractivity contribution is 5.39. The molecule has 17 heavy (non-hydrogen) atoms. The number of aromatic nitrogens is 2. The molecule has 0 aromatic carbocycles. The molecular weight excluding hydrogens is 212 g/mol. The summed E-state index contributed by atoms with van der Waals surface area (Å²) in [5.41, 5.74) is 1.96. The van der Waals surface area contributed by atoms with Crippen molar-refractivity contribution in [3.05, 3.63) is 17.6 Å². The van der Waals surface area contributed by atoms with Crippen LogP contribution in [0.5, 0.6) is 0 Å². The summed E-state index contributed by atoms with van der Waals surface area (Å²) in [7, 11) is 2.19. The lowest BCUT2D eigenvalue weighted by molar-refractivity contribution is 0.226. The minimum Gasteiger partial charge on any atom is -0.368 e. The number of rotatable bonds is 3. The molecule has 0 radical (unpaired) electrons. The van der Waals surface area contributed by atoms with E-state index in [9.17, 15) is 0 Å². The van der Waals surface area contributed by atoms with E-state index in [1.165, 1.54) is 25.9 Å². The van der Waals surface area contributed by atoms with Gasteiger partial charge in [0.2, 0.25) is 0 Å². The second kappa shape index (κ2) is 5.45. The Kier molecular flexibility index (Phi) is 3.94. The first-order chi connectivity index (χ1) is 8.15. The zero-order valence-electron chi connectivity index (χ0n) is 11.0. The Balaban J connectivity index is 1.87. The first-order valence-corrected chi connectivity index (χ1v) is 6.38. The van der Waals surface area contributed by atoms with Crippen molar-refractivity contribution in [1.29, 1.82) is 0 Å². The largest absolute Gasteiger partial charge is 0.368 e. The van der Waals surface area contributed by atoms with E-state index in [4.69, 9.17) is 0 Å². The predicted octanol–water partition coefficient (Wildman–Crippen LogP) is 1.85. The predicted molar refractivity (Wildman–Crippen MR) is 70.2 cm³/mol. The maximum atomic E-state index is 4.49. The number of nitrogens with one attached hydrogen (secondary N) is 1. The summed E-state index contributed by atoms with van der Waals surface area (Å²) < 4.78 is 0. The Bertz CT molecular complexity index is 370. The Morgan fingerprint density at radius 1 is 1.35 bits per heavy atom. The molecule has 1 aliphatic rings. The molecule has 4 heteroatoms. The lowest BCUT2D eigenvalue weighted by Gasteiger charge is -2.29. The van der Waals surface area contributed by atoms with Gasteiger partial charge in [0, 0.05) is 12.7 Å². The molecule has 0 spiro atoms. The third-order valence-electron chi connectivity index (χ3n) is 3.47. The van der Waals surface area contributed by atoms with Gasteiger partial charge in [0.15, 0.2) is 0 Å². The van der Waals surface area contributed by atoms with Crippen LogP contribution in [0.25, 0.3) is 0 Å². The van der Waals surface area contributed by atoms with E-state index in [1.54, 1.807) is 0 Å². The van der Waals surface area contributed by atoms with Crippen molar-refractivity contribution >= 4 is 5.82 Å². The number of aryl methyl sites for hydroxylation is 2. The van der Waals surface area contributed by atoms with Gasteiger partial charge in [-0.15, -0.1) is 0 Å². The average Bonchev–Trinajstić information content (AvgIpc) is 2.32. The summed E-state index contributed by atoms with van der Waals surface area (Å²) in [5.74, 6) is 1.72. The molecule has 0 atom stereocenters. The number of nitrogens with zero attached hydrogens (tertiary/aromatic N) is 3. The molecule has 1 aliphatic heterocycles. The highest BCUT2D eigenvalue weighted by atomic mass is 15.1. The molecule has 0 aliphatic carbocycles. The van der Waals surface area contributed by atoms with Crippen molar-refractivity contribution in [3.63, 3.8) is 0 Å². The smallest absolute Gasteiger partial charge is 0.147 e. The van der Waals surface area contributed by atoms with E-state index in [1.807, 2.05) is 20.0 Å². The topological polar surface area (TPSA) is 41.1 Å². The SMILES string of the molecule is Cc1cnc(C)c(NCC2CCN(C)CC2)n1. The highest BCUT2D eigenvalue weighted by Crippen LogP contribution is 2.17. The van der Waals surface area contributed by atoms with Gasteiger partial charge < -0.3 is 10.2 Å². The van der Waals surface area contributed by atoms with E-state index >= 15 is 0 Å². The molecule has 1 saturated heterocycles. The molecule has 2 rings (SSSR count). The van der Waals surface area contributed by atoms with Crippen LogP contribution in [0, 0.1) is 19.8 Å². The molecule has 4 nitrogen and oxygen atoms in total. The van der Waals surface area contributed by atoms with Crippen LogP contribution in [0.3, 0.4) is 0 Å². The minimum absolute atomic E-state index is 0.771. The number of piperidine rings is 1. The van der Waals surface area contributed by atoms with Gasteiger partial charge in [-0.3, -0.25) is 4.98 Å². The van der Waals surface area contributed by atoms with Gasteiger partial charge in [0.05, 0.1) is 11.4 Å². The van der Waals surface area contributed by atoms with Crippen LogP contribution < -0.4 is 5.32 Å². The maximum Gasteiger partial charge on any atom is 0.147 e. The van der Waals surface area contributed by atoms with Crippen LogP contribution in [-0.2, 0) is 0 Å². The van der Waals surface area contributed by atoms with Gasteiger partial charge in [-0.25, -0.2) is 4.98 Å². The minimum atomic E-state index is 0.771. The zero-order valence-corrected chi connectivity index (χ0v) is 11.0. The van der Waals surface area contributed by atoms with Crippen molar-refractivity contribution in [2.24, 2.45) is 5.92 Å². The Morgan fingerprint density at radius 2 is 2.06 bits per heavy atom. The molecule has 1 fully saturated rings. The van der Waals surface area contributed by atoms with Crippen molar-refractivity contribution < 1.29 is 0 Å². The van der Waals surface area contributed by atoms with E-state index < -0.39 is 0 Å². The summed E-state index contributed by atoms with van der Waals surface area (Å²) >= 11 is 0. The van der Waals surface area contributed by atoms with E-state index in [0.29, 0.717) is 0 Å². The molecule has 2 heterocycles. The van der Waals surface area contributed by atoms with Crippen molar-refractivity contribution in [2.45, 2.75) is 26.7 Å². The molecule has 1 aromatic heterocycles. The van der Waals surface area contributed by atoms with Crippen molar-refractivity contribution in [3.8, 4) is 0 Å². The Labute approximate surface area is 103 Å². The Morgan fingerprint density at radius 3 is 2.76 bits per heavy atom. The standard InChI is InChI=1S/C13H22N4/c1-10-8-14-11(2)13(16-10)15-9-12-4-6-17(3)7-5-12/h8,12H,4-7,9H2,1-3H3,(H,15,16). The molecule has 94 valence electrons. The van der Waals surface area contributed by atoms with Gasteiger partial charge in [-0.1, -0.05) is 0 Å². The van der Waals surface area contributed by atoms with E-state index in [-0.39, 0.29) is 0 Å². The molecular formula is C13H22N4. The van der Waals surface area contributed by atoms with Crippen LogP contribution in [0.4, 0.5) is 5.82 Å². The number of hydrogen-bond acceptors (Lipinski definition) is 4. The van der Waals surface area contributed by atoms with Gasteiger partial charge >= 0.3 is 0 Å². The number of hydrogen-bond donors (Lipinski definition) is 1. The summed E-state index contributed by atoms with van der Waals surface area (Å²) in [6.07, 6.45) is 4.37. The van der Waals surface area contributed by atoms with Gasteiger partial charge in [0.25, 0.3) is 0 Å². The summed E-state index contributed by atoms with van der Waals surface area (Å²) in [4.78, 5) is 11.2. The van der Waals surface area contributed by atoms with E-state index in [2.05, 4.69) is 27.2 Å². The van der Waals surface area contributed by atoms with Crippen molar-refractivity contribution in [2.75, 3.05) is 32.0 Å². The normalized spacial score (nSPS) is 18.3. The summed E-state index contributed by atoms with van der Waals surface area (Å²) in [6, 6.07) is 0. The molecule has 1 N–H and O–H groups in total. The van der Waals surface area contributed by atoms with Crippen LogP contribution in [-0.4, -0.2) is 41.5 Å². The third-order valence-corrected chi connectivity index (χ3v) is 3.47. The first-order valence-electron chi connectivity index (χ1n) is 6.38. The number of anilines is 1. The fraction of sp³-hybridized carbons (Fsp3) is 0.692. The molecule has 0 unspecified atom stereocenters. The maximum absolute atomic E-state index is 4.49. The second-order valence-electron chi connectivity index (χ2n) is 5.07. The zero-order chi connectivity index (χ0) is 12.3. The highest BCUT2D eigenvalue weighted by Gasteiger charge is 2.16. The average molecular weight is 234 g/mol. The summed E-state index contributed by atoms with van der Waals surface area (Å²) in [6.45, 7) is 7.43. The quantitative estimate of drug-likeness (QED) is 0.866. The fourth-order valence-corrected chi connectivity index (χ4v) is 2.21. The van der Waals surface area contributed by atoms with Crippen LogP contribution in [0.2, 0.25) is 0 Å². The van der Waals surface area contributed by atoms with Crippen LogP contribution in [0.1, 0.15) is 24.2 Å². The molecule has 1 aromatic rings. The van der Waals surface area contributed by atoms with E-state index in [0.717, 1.165) is 29.7 Å². The molecule has 0 bridgehead atoms. The lowest BCUT2D eigenvalue weighted by atomic mass is 9.97. The lowest BCUT2D eigenvalue weighted by Crippen LogP contribution is -2.33.